The van der Waals surface area contributed by atoms with Crippen LogP contribution in [0.25, 0.3) is 0 Å². The molecule has 0 fully saturated rings. The first-order chi connectivity index (χ1) is 8.16. The summed E-state index contributed by atoms with van der Waals surface area (Å²) < 4.78 is 1.19. The molecule has 0 saturated carbocycles. The van der Waals surface area contributed by atoms with Crippen LogP contribution < -0.4 is 11.1 Å². The highest BCUT2D eigenvalue weighted by atomic mass is 127. The van der Waals surface area contributed by atoms with Crippen LogP contribution in [-0.4, -0.2) is 9.97 Å². The van der Waals surface area contributed by atoms with Crippen molar-refractivity contribution in [3.05, 3.63) is 51.9 Å². The van der Waals surface area contributed by atoms with Crippen molar-refractivity contribution in [1.82, 2.24) is 4.98 Å². The zero-order valence-electron chi connectivity index (χ0n) is 8.85. The number of hydrogen-bond donors (Lipinski definition) is 2. The maximum atomic E-state index is 5.65. The number of nitrogens with two attached hydrogens (primary N) is 1. The molecule has 0 amide bonds. The number of nitrogens with zero attached hydrogens (tertiary/aromatic N) is 1. The first-order valence-electron chi connectivity index (χ1n) is 4.93. The molecule has 3 N–H and O–H groups in total. The van der Waals surface area contributed by atoms with Gasteiger partial charge in [0.1, 0.15) is 4.99 Å². The second kappa shape index (κ2) is 5.42. The average molecular weight is 355 g/mol. The molecular weight excluding hydrogens is 345 g/mol. The molecule has 0 atom stereocenters. The van der Waals surface area contributed by atoms with E-state index >= 15 is 0 Å². The van der Waals surface area contributed by atoms with Gasteiger partial charge in [0.05, 0.1) is 11.9 Å². The molecule has 2 aromatic rings. The van der Waals surface area contributed by atoms with Gasteiger partial charge in [0, 0.05) is 21.0 Å². The second-order valence-electron chi connectivity index (χ2n) is 3.42. The SMILES string of the molecule is NC(=S)c1ccncc1Nc1ccc(I)cc1. The number of hydrogen-bond acceptors (Lipinski definition) is 3. The van der Waals surface area contributed by atoms with E-state index in [1.165, 1.54) is 3.57 Å². The molecule has 2 rings (SSSR count). The van der Waals surface area contributed by atoms with Gasteiger partial charge in [-0.3, -0.25) is 4.98 Å². The van der Waals surface area contributed by atoms with Crippen LogP contribution in [0.15, 0.2) is 42.7 Å². The summed E-state index contributed by atoms with van der Waals surface area (Å²) in [4.78, 5) is 4.42. The Hall–Kier alpha value is -1.21. The van der Waals surface area contributed by atoms with E-state index in [-0.39, 0.29) is 0 Å². The molecular formula is C12H10IN3S. The van der Waals surface area contributed by atoms with Gasteiger partial charge in [0.15, 0.2) is 0 Å². The molecule has 0 aliphatic rings. The molecule has 0 spiro atoms. The zero-order chi connectivity index (χ0) is 12.3. The lowest BCUT2D eigenvalue weighted by molar-refractivity contribution is 1.31. The van der Waals surface area contributed by atoms with Crippen molar-refractivity contribution in [2.75, 3.05) is 5.32 Å². The zero-order valence-corrected chi connectivity index (χ0v) is 11.8. The quantitative estimate of drug-likeness (QED) is 0.656. The summed E-state index contributed by atoms with van der Waals surface area (Å²) in [7, 11) is 0. The van der Waals surface area contributed by atoms with Crippen LogP contribution in [-0.2, 0) is 0 Å². The van der Waals surface area contributed by atoms with Crippen LogP contribution in [0, 0.1) is 3.57 Å². The van der Waals surface area contributed by atoms with E-state index in [0.717, 1.165) is 16.9 Å². The third-order valence-corrected chi connectivity index (χ3v) is 3.15. The molecule has 0 aliphatic heterocycles. The highest BCUT2D eigenvalue weighted by Crippen LogP contribution is 2.20. The fourth-order valence-corrected chi connectivity index (χ4v) is 1.94. The van der Waals surface area contributed by atoms with Crippen LogP contribution in [0.2, 0.25) is 0 Å². The predicted molar refractivity (Wildman–Crippen MR) is 82.6 cm³/mol. The van der Waals surface area contributed by atoms with Crippen molar-refractivity contribution in [2.24, 2.45) is 5.73 Å². The summed E-state index contributed by atoms with van der Waals surface area (Å²) in [5.41, 5.74) is 8.26. The summed E-state index contributed by atoms with van der Waals surface area (Å²) in [5, 5.41) is 3.25. The molecule has 5 heteroatoms. The van der Waals surface area contributed by atoms with Crippen LogP contribution in [0.3, 0.4) is 0 Å². The van der Waals surface area contributed by atoms with E-state index in [2.05, 4.69) is 32.9 Å². The highest BCUT2D eigenvalue weighted by molar-refractivity contribution is 14.1. The van der Waals surface area contributed by atoms with Crippen LogP contribution in [0.1, 0.15) is 5.56 Å². The minimum absolute atomic E-state index is 0.361. The van der Waals surface area contributed by atoms with E-state index in [4.69, 9.17) is 18.0 Å². The van der Waals surface area contributed by atoms with E-state index < -0.39 is 0 Å². The van der Waals surface area contributed by atoms with E-state index in [1.807, 2.05) is 24.3 Å². The Labute approximate surface area is 119 Å². The fraction of sp³-hybridized carbons (Fsp3) is 0. The fourth-order valence-electron chi connectivity index (χ4n) is 1.40. The predicted octanol–water partition coefficient (Wildman–Crippen LogP) is 3.06. The minimum atomic E-state index is 0.361. The highest BCUT2D eigenvalue weighted by Gasteiger charge is 2.04. The molecule has 0 radical (unpaired) electrons. The lowest BCUT2D eigenvalue weighted by Crippen LogP contribution is -2.12. The molecule has 0 bridgehead atoms. The molecule has 0 aliphatic carbocycles. The summed E-state index contributed by atoms with van der Waals surface area (Å²) in [5.74, 6) is 0. The largest absolute Gasteiger partial charge is 0.389 e. The Balaban J connectivity index is 2.30. The lowest BCUT2D eigenvalue weighted by Gasteiger charge is -2.10. The van der Waals surface area contributed by atoms with Crippen molar-refractivity contribution < 1.29 is 0 Å². The molecule has 3 nitrogen and oxygen atoms in total. The first-order valence-corrected chi connectivity index (χ1v) is 6.42. The second-order valence-corrected chi connectivity index (χ2v) is 5.10. The third-order valence-electron chi connectivity index (χ3n) is 2.21. The van der Waals surface area contributed by atoms with Gasteiger partial charge in [0.25, 0.3) is 0 Å². The topological polar surface area (TPSA) is 50.9 Å². The first kappa shape index (κ1) is 12.3. The Morgan fingerprint density at radius 2 is 1.94 bits per heavy atom. The number of aromatic nitrogens is 1. The Bertz CT molecular complexity index is 540. The number of anilines is 2. The molecule has 1 aromatic carbocycles. The lowest BCUT2D eigenvalue weighted by atomic mass is 10.2. The molecule has 1 aromatic heterocycles. The van der Waals surface area contributed by atoms with Crippen LogP contribution >= 0.6 is 34.8 Å². The van der Waals surface area contributed by atoms with E-state index in [1.54, 1.807) is 18.5 Å². The minimum Gasteiger partial charge on any atom is -0.389 e. The van der Waals surface area contributed by atoms with Gasteiger partial charge in [-0.05, 0) is 52.9 Å². The van der Waals surface area contributed by atoms with Gasteiger partial charge in [-0.1, -0.05) is 12.2 Å². The number of halogens is 1. The number of thiocarbonyl (C=S) groups is 1. The van der Waals surface area contributed by atoms with Gasteiger partial charge < -0.3 is 11.1 Å². The van der Waals surface area contributed by atoms with Crippen molar-refractivity contribution in [3.8, 4) is 0 Å². The Morgan fingerprint density at radius 1 is 1.24 bits per heavy atom. The van der Waals surface area contributed by atoms with Crippen molar-refractivity contribution in [2.45, 2.75) is 0 Å². The maximum Gasteiger partial charge on any atom is 0.106 e. The monoisotopic (exact) mass is 355 g/mol. The van der Waals surface area contributed by atoms with Gasteiger partial charge in [-0.25, -0.2) is 0 Å². The van der Waals surface area contributed by atoms with Gasteiger partial charge >= 0.3 is 0 Å². The molecule has 17 heavy (non-hydrogen) atoms. The summed E-state index contributed by atoms with van der Waals surface area (Å²) in [6.45, 7) is 0. The summed E-state index contributed by atoms with van der Waals surface area (Å²) in [6, 6.07) is 9.85. The molecule has 86 valence electrons. The van der Waals surface area contributed by atoms with Gasteiger partial charge in [-0.15, -0.1) is 0 Å². The van der Waals surface area contributed by atoms with E-state index in [9.17, 15) is 0 Å². The number of rotatable bonds is 3. The molecule has 0 saturated heterocycles. The Kier molecular flexibility index (Phi) is 3.90. The van der Waals surface area contributed by atoms with Crippen molar-refractivity contribution in [3.63, 3.8) is 0 Å². The number of pyridine rings is 1. The Morgan fingerprint density at radius 3 is 2.59 bits per heavy atom. The van der Waals surface area contributed by atoms with Crippen LogP contribution in [0.4, 0.5) is 11.4 Å². The normalized spacial score (nSPS) is 9.94. The van der Waals surface area contributed by atoms with Gasteiger partial charge in [0.2, 0.25) is 0 Å². The van der Waals surface area contributed by atoms with Crippen molar-refractivity contribution in [1.29, 1.82) is 0 Å². The van der Waals surface area contributed by atoms with Gasteiger partial charge in [-0.2, -0.15) is 0 Å². The molecule has 1 heterocycles. The van der Waals surface area contributed by atoms with Crippen molar-refractivity contribution >= 4 is 51.2 Å². The third kappa shape index (κ3) is 3.13. The number of nitrogens with one attached hydrogen (secondary N) is 1. The molecule has 0 unspecified atom stereocenters. The van der Waals surface area contributed by atoms with E-state index in [0.29, 0.717) is 4.99 Å². The van der Waals surface area contributed by atoms with Crippen LogP contribution in [0.5, 0.6) is 0 Å². The summed E-state index contributed by atoms with van der Waals surface area (Å²) >= 11 is 7.26. The smallest absolute Gasteiger partial charge is 0.106 e. The number of benzene rings is 1. The maximum absolute atomic E-state index is 5.65. The standard InChI is InChI=1S/C12H10IN3S/c13-8-1-3-9(4-2-8)16-11-7-15-6-5-10(11)12(14)17/h1-7,16H,(H2,14,17). The average Bonchev–Trinajstić information content (AvgIpc) is 2.32. The summed E-state index contributed by atoms with van der Waals surface area (Å²) in [6.07, 6.45) is 3.39.